The van der Waals surface area contributed by atoms with Crippen LogP contribution in [0.2, 0.25) is 0 Å². The van der Waals surface area contributed by atoms with E-state index in [2.05, 4.69) is 41.5 Å². The smallest absolute Gasteiger partial charge is 0.360 e. The SMILES string of the molecule is CCOC(=O)c1coc(NC(C)c2ccc(CC)cc2)n1. The van der Waals surface area contributed by atoms with Crippen LogP contribution in [0.3, 0.4) is 0 Å². The second kappa shape index (κ2) is 6.92. The quantitative estimate of drug-likeness (QED) is 0.823. The Labute approximate surface area is 124 Å². The van der Waals surface area contributed by atoms with E-state index in [-0.39, 0.29) is 11.7 Å². The monoisotopic (exact) mass is 288 g/mol. The van der Waals surface area contributed by atoms with Gasteiger partial charge in [0.2, 0.25) is 0 Å². The van der Waals surface area contributed by atoms with E-state index in [9.17, 15) is 4.79 Å². The van der Waals surface area contributed by atoms with E-state index in [0.29, 0.717) is 12.6 Å². The largest absolute Gasteiger partial charge is 0.461 e. The summed E-state index contributed by atoms with van der Waals surface area (Å²) in [4.78, 5) is 15.6. The lowest BCUT2D eigenvalue weighted by molar-refractivity contribution is 0.0519. The molecular formula is C16H20N2O3. The second-order valence-corrected chi connectivity index (χ2v) is 4.72. The van der Waals surface area contributed by atoms with Crippen molar-refractivity contribution in [1.29, 1.82) is 0 Å². The number of nitrogens with one attached hydrogen (secondary N) is 1. The molecule has 1 aromatic heterocycles. The lowest BCUT2D eigenvalue weighted by Gasteiger charge is -2.12. The fourth-order valence-corrected chi connectivity index (χ4v) is 1.95. The molecule has 1 atom stereocenters. The van der Waals surface area contributed by atoms with E-state index in [1.54, 1.807) is 6.92 Å². The lowest BCUT2D eigenvalue weighted by Crippen LogP contribution is -2.08. The number of benzene rings is 1. The van der Waals surface area contributed by atoms with Crippen LogP contribution in [0.4, 0.5) is 6.01 Å². The summed E-state index contributed by atoms with van der Waals surface area (Å²) in [5.41, 5.74) is 2.60. The third-order valence-electron chi connectivity index (χ3n) is 3.22. The Balaban J connectivity index is 2.01. The number of oxazole rings is 1. The number of esters is 1. The summed E-state index contributed by atoms with van der Waals surface area (Å²) in [6, 6.07) is 8.70. The van der Waals surface area contributed by atoms with Gasteiger partial charge in [0.25, 0.3) is 6.01 Å². The number of carbonyl (C=O) groups excluding carboxylic acids is 1. The number of nitrogens with zero attached hydrogens (tertiary/aromatic N) is 1. The zero-order valence-electron chi connectivity index (χ0n) is 12.6. The van der Waals surface area contributed by atoms with Crippen LogP contribution in [-0.4, -0.2) is 17.6 Å². The summed E-state index contributed by atoms with van der Waals surface area (Å²) in [6.07, 6.45) is 2.32. The molecule has 0 aliphatic carbocycles. The number of hydrogen-bond donors (Lipinski definition) is 1. The van der Waals surface area contributed by atoms with Crippen LogP contribution in [0.25, 0.3) is 0 Å². The van der Waals surface area contributed by atoms with Gasteiger partial charge in [-0.3, -0.25) is 0 Å². The highest BCUT2D eigenvalue weighted by atomic mass is 16.5. The molecule has 1 aromatic carbocycles. The Kier molecular flexibility index (Phi) is 4.98. The molecule has 2 rings (SSSR count). The van der Waals surface area contributed by atoms with E-state index in [1.807, 2.05) is 6.92 Å². The Morgan fingerprint density at radius 2 is 2.05 bits per heavy atom. The molecule has 1 unspecified atom stereocenters. The van der Waals surface area contributed by atoms with Gasteiger partial charge in [-0.1, -0.05) is 31.2 Å². The van der Waals surface area contributed by atoms with Gasteiger partial charge in [-0.05, 0) is 31.4 Å². The first-order chi connectivity index (χ1) is 10.1. The molecule has 0 amide bonds. The van der Waals surface area contributed by atoms with Crippen LogP contribution in [0.15, 0.2) is 34.9 Å². The van der Waals surface area contributed by atoms with Crippen molar-refractivity contribution in [3.8, 4) is 0 Å². The minimum absolute atomic E-state index is 0.0320. The number of aromatic nitrogens is 1. The van der Waals surface area contributed by atoms with Crippen molar-refractivity contribution in [2.24, 2.45) is 0 Å². The van der Waals surface area contributed by atoms with Crippen LogP contribution in [0.5, 0.6) is 0 Å². The molecule has 112 valence electrons. The molecule has 1 heterocycles. The van der Waals surface area contributed by atoms with Crippen molar-refractivity contribution >= 4 is 12.0 Å². The van der Waals surface area contributed by atoms with Crippen molar-refractivity contribution in [3.05, 3.63) is 47.3 Å². The number of hydrogen-bond acceptors (Lipinski definition) is 5. The summed E-state index contributed by atoms with van der Waals surface area (Å²) in [5, 5.41) is 3.13. The average Bonchev–Trinajstić information content (AvgIpc) is 2.96. The van der Waals surface area contributed by atoms with Gasteiger partial charge in [0, 0.05) is 0 Å². The first kappa shape index (κ1) is 15.1. The number of anilines is 1. The van der Waals surface area contributed by atoms with Crippen molar-refractivity contribution < 1.29 is 13.9 Å². The van der Waals surface area contributed by atoms with Gasteiger partial charge in [0.05, 0.1) is 12.6 Å². The topological polar surface area (TPSA) is 64.4 Å². The first-order valence-corrected chi connectivity index (χ1v) is 7.12. The molecule has 0 spiro atoms. The van der Waals surface area contributed by atoms with Crippen LogP contribution in [-0.2, 0) is 11.2 Å². The zero-order chi connectivity index (χ0) is 15.2. The van der Waals surface area contributed by atoms with Crippen molar-refractivity contribution in [3.63, 3.8) is 0 Å². The summed E-state index contributed by atoms with van der Waals surface area (Å²) < 4.78 is 10.1. The van der Waals surface area contributed by atoms with E-state index < -0.39 is 5.97 Å². The standard InChI is InChI=1S/C16H20N2O3/c1-4-12-6-8-13(9-7-12)11(3)17-16-18-14(10-21-16)15(19)20-5-2/h6-11H,4-5H2,1-3H3,(H,17,18). The van der Waals surface area contributed by atoms with Crippen LogP contribution in [0, 0.1) is 0 Å². The maximum Gasteiger partial charge on any atom is 0.360 e. The fourth-order valence-electron chi connectivity index (χ4n) is 1.95. The Bertz CT molecular complexity index is 590. The summed E-state index contributed by atoms with van der Waals surface area (Å²) >= 11 is 0. The molecule has 5 heteroatoms. The summed E-state index contributed by atoms with van der Waals surface area (Å²) in [6.45, 7) is 6.20. The van der Waals surface area contributed by atoms with Crippen LogP contribution in [0.1, 0.15) is 48.4 Å². The van der Waals surface area contributed by atoms with E-state index in [4.69, 9.17) is 9.15 Å². The summed E-state index contributed by atoms with van der Waals surface area (Å²) in [7, 11) is 0. The molecule has 21 heavy (non-hydrogen) atoms. The number of aryl methyl sites for hydroxylation is 1. The fraction of sp³-hybridized carbons (Fsp3) is 0.375. The molecule has 1 N–H and O–H groups in total. The maximum atomic E-state index is 11.5. The Morgan fingerprint density at radius 3 is 2.67 bits per heavy atom. The molecule has 0 bridgehead atoms. The highest BCUT2D eigenvalue weighted by Crippen LogP contribution is 2.19. The van der Waals surface area contributed by atoms with E-state index in [1.165, 1.54) is 11.8 Å². The van der Waals surface area contributed by atoms with Gasteiger partial charge in [0.15, 0.2) is 5.69 Å². The van der Waals surface area contributed by atoms with Crippen LogP contribution < -0.4 is 5.32 Å². The third-order valence-corrected chi connectivity index (χ3v) is 3.22. The van der Waals surface area contributed by atoms with E-state index >= 15 is 0 Å². The van der Waals surface area contributed by atoms with Gasteiger partial charge < -0.3 is 14.5 Å². The van der Waals surface area contributed by atoms with Crippen molar-refractivity contribution in [2.45, 2.75) is 33.2 Å². The highest BCUT2D eigenvalue weighted by Gasteiger charge is 2.15. The second-order valence-electron chi connectivity index (χ2n) is 4.72. The molecule has 0 aliphatic heterocycles. The number of carbonyl (C=O) groups is 1. The molecule has 0 saturated carbocycles. The Morgan fingerprint density at radius 1 is 1.33 bits per heavy atom. The number of rotatable bonds is 6. The predicted molar refractivity (Wildman–Crippen MR) is 80.3 cm³/mol. The van der Waals surface area contributed by atoms with Gasteiger partial charge in [-0.2, -0.15) is 4.98 Å². The average molecular weight is 288 g/mol. The third kappa shape index (κ3) is 3.84. The molecule has 2 aromatic rings. The van der Waals surface area contributed by atoms with Crippen molar-refractivity contribution in [1.82, 2.24) is 4.98 Å². The molecule has 0 fully saturated rings. The molecule has 0 aliphatic rings. The first-order valence-electron chi connectivity index (χ1n) is 7.12. The minimum atomic E-state index is -0.478. The van der Waals surface area contributed by atoms with Gasteiger partial charge in [-0.25, -0.2) is 4.79 Å². The minimum Gasteiger partial charge on any atom is -0.461 e. The molecule has 0 radical (unpaired) electrons. The Hall–Kier alpha value is -2.30. The maximum absolute atomic E-state index is 11.5. The normalized spacial score (nSPS) is 12.0. The lowest BCUT2D eigenvalue weighted by atomic mass is 10.1. The van der Waals surface area contributed by atoms with Crippen molar-refractivity contribution in [2.75, 3.05) is 11.9 Å². The van der Waals surface area contributed by atoms with Crippen LogP contribution >= 0.6 is 0 Å². The zero-order valence-corrected chi connectivity index (χ0v) is 12.6. The van der Waals surface area contributed by atoms with E-state index in [0.717, 1.165) is 12.0 Å². The van der Waals surface area contributed by atoms with Gasteiger partial charge >= 0.3 is 5.97 Å². The number of ether oxygens (including phenoxy) is 1. The predicted octanol–water partition coefficient (Wildman–Crippen LogP) is 3.59. The summed E-state index contributed by atoms with van der Waals surface area (Å²) in [5.74, 6) is -0.478. The molecular weight excluding hydrogens is 268 g/mol. The van der Waals surface area contributed by atoms with Gasteiger partial charge in [-0.15, -0.1) is 0 Å². The molecule has 5 nitrogen and oxygen atoms in total. The highest BCUT2D eigenvalue weighted by molar-refractivity contribution is 5.87. The van der Waals surface area contributed by atoms with Gasteiger partial charge in [0.1, 0.15) is 6.26 Å². The molecule has 0 saturated heterocycles.